The summed E-state index contributed by atoms with van der Waals surface area (Å²) >= 11 is 0. The highest BCUT2D eigenvalue weighted by Gasteiger charge is 2.27. The molecular formula is C20H32IN5O3. The lowest BCUT2D eigenvalue weighted by atomic mass is 10.1. The molecule has 1 aromatic carbocycles. The number of guanidine groups is 1. The Balaban J connectivity index is 0.00000420. The first kappa shape index (κ1) is 25.0. The van der Waals surface area contributed by atoms with Crippen molar-refractivity contribution in [2.24, 2.45) is 4.99 Å². The third kappa shape index (κ3) is 8.08. The van der Waals surface area contributed by atoms with Crippen molar-refractivity contribution in [1.29, 1.82) is 0 Å². The van der Waals surface area contributed by atoms with Gasteiger partial charge in [0.25, 0.3) is 0 Å². The Morgan fingerprint density at radius 1 is 1.28 bits per heavy atom. The number of carbonyl (C=O) groups is 2. The van der Waals surface area contributed by atoms with Crippen molar-refractivity contribution in [3.05, 3.63) is 29.3 Å². The zero-order chi connectivity index (χ0) is 20.7. The van der Waals surface area contributed by atoms with Crippen molar-refractivity contribution in [2.45, 2.75) is 46.8 Å². The van der Waals surface area contributed by atoms with Gasteiger partial charge in [-0.2, -0.15) is 0 Å². The zero-order valence-corrected chi connectivity index (χ0v) is 20.1. The average Bonchev–Trinajstić information content (AvgIpc) is 2.91. The number of urea groups is 1. The molecule has 1 saturated heterocycles. The van der Waals surface area contributed by atoms with E-state index < -0.39 is 0 Å². The van der Waals surface area contributed by atoms with Crippen LogP contribution in [0.4, 0.5) is 4.79 Å². The molecule has 1 aliphatic heterocycles. The van der Waals surface area contributed by atoms with Crippen LogP contribution in [0.25, 0.3) is 0 Å². The molecule has 9 heteroatoms. The maximum absolute atomic E-state index is 11.6. The molecule has 0 saturated carbocycles. The number of aliphatic imine (C=N–C) groups is 1. The van der Waals surface area contributed by atoms with Crippen LogP contribution in [0.2, 0.25) is 0 Å². The number of amides is 3. The summed E-state index contributed by atoms with van der Waals surface area (Å²) in [5, 5.41) is 8.84. The lowest BCUT2D eigenvalue weighted by Gasteiger charge is -2.23. The standard InChI is InChI=1S/C20H31N5O3.HI/c1-6-21-18(22-9-10-25-17(26)13-24-19(25)27)23-12-15-8-7-14(2)11-16(15)28-20(3,4)5;/h7-8,11H,6,9-10,12-13H2,1-5H3,(H,24,27)(H2,21,22,23);1H. The highest BCUT2D eigenvalue weighted by molar-refractivity contribution is 14.0. The molecule has 0 atom stereocenters. The van der Waals surface area contributed by atoms with Gasteiger partial charge in [-0.15, -0.1) is 24.0 Å². The Morgan fingerprint density at radius 3 is 2.59 bits per heavy atom. The summed E-state index contributed by atoms with van der Waals surface area (Å²) < 4.78 is 6.08. The number of hydrogen-bond acceptors (Lipinski definition) is 4. The van der Waals surface area contributed by atoms with E-state index in [-0.39, 0.29) is 54.6 Å². The molecule has 0 aliphatic carbocycles. The van der Waals surface area contributed by atoms with Gasteiger partial charge < -0.3 is 20.7 Å². The molecular weight excluding hydrogens is 485 g/mol. The predicted molar refractivity (Wildman–Crippen MR) is 125 cm³/mol. The van der Waals surface area contributed by atoms with E-state index in [2.05, 4.69) is 20.9 Å². The number of rotatable bonds is 7. The lowest BCUT2D eigenvalue weighted by Crippen LogP contribution is -2.43. The summed E-state index contributed by atoms with van der Waals surface area (Å²) in [4.78, 5) is 29.0. The van der Waals surface area contributed by atoms with Crippen LogP contribution in [0.15, 0.2) is 23.2 Å². The minimum Gasteiger partial charge on any atom is -0.488 e. The van der Waals surface area contributed by atoms with Gasteiger partial charge >= 0.3 is 6.03 Å². The molecule has 0 unspecified atom stereocenters. The Hall–Kier alpha value is -2.04. The number of aryl methyl sites for hydroxylation is 1. The largest absolute Gasteiger partial charge is 0.488 e. The number of nitrogens with zero attached hydrogens (tertiary/aromatic N) is 2. The van der Waals surface area contributed by atoms with Crippen molar-refractivity contribution in [2.75, 3.05) is 26.2 Å². The van der Waals surface area contributed by atoms with E-state index in [1.54, 1.807) is 0 Å². The van der Waals surface area contributed by atoms with Crippen LogP contribution in [-0.4, -0.2) is 54.6 Å². The second-order valence-corrected chi connectivity index (χ2v) is 7.65. The molecule has 8 nitrogen and oxygen atoms in total. The van der Waals surface area contributed by atoms with Crippen LogP contribution < -0.4 is 20.7 Å². The number of halogens is 1. The van der Waals surface area contributed by atoms with Gasteiger partial charge in [-0.25, -0.2) is 9.79 Å². The maximum Gasteiger partial charge on any atom is 0.324 e. The van der Waals surface area contributed by atoms with Crippen molar-refractivity contribution in [3.63, 3.8) is 0 Å². The molecule has 1 heterocycles. The second kappa shape index (κ2) is 11.2. The number of nitrogens with one attached hydrogen (secondary N) is 3. The smallest absolute Gasteiger partial charge is 0.324 e. The Kier molecular flexibility index (Phi) is 9.67. The van der Waals surface area contributed by atoms with E-state index in [0.29, 0.717) is 25.6 Å². The molecule has 29 heavy (non-hydrogen) atoms. The highest BCUT2D eigenvalue weighted by atomic mass is 127. The first-order chi connectivity index (χ1) is 13.2. The van der Waals surface area contributed by atoms with Crippen molar-refractivity contribution in [1.82, 2.24) is 20.9 Å². The van der Waals surface area contributed by atoms with Crippen LogP contribution >= 0.6 is 24.0 Å². The summed E-state index contributed by atoms with van der Waals surface area (Å²) in [7, 11) is 0. The van der Waals surface area contributed by atoms with Gasteiger partial charge in [-0.1, -0.05) is 12.1 Å². The fourth-order valence-electron chi connectivity index (χ4n) is 2.69. The van der Waals surface area contributed by atoms with E-state index in [9.17, 15) is 9.59 Å². The summed E-state index contributed by atoms with van der Waals surface area (Å²) in [5.74, 6) is 1.24. The molecule has 2 rings (SSSR count). The van der Waals surface area contributed by atoms with Gasteiger partial charge in [0.15, 0.2) is 5.96 Å². The van der Waals surface area contributed by atoms with Gasteiger partial charge in [0.2, 0.25) is 5.91 Å². The normalized spacial score (nSPS) is 14.4. The number of benzene rings is 1. The van der Waals surface area contributed by atoms with E-state index in [1.165, 1.54) is 4.90 Å². The second-order valence-electron chi connectivity index (χ2n) is 7.65. The number of ether oxygens (including phenoxy) is 1. The third-order valence-electron chi connectivity index (χ3n) is 3.96. The summed E-state index contributed by atoms with van der Waals surface area (Å²) in [6.45, 7) is 12.0. The Morgan fingerprint density at radius 2 is 2.00 bits per heavy atom. The van der Waals surface area contributed by atoms with Crippen LogP contribution in [-0.2, 0) is 11.3 Å². The van der Waals surface area contributed by atoms with E-state index >= 15 is 0 Å². The summed E-state index contributed by atoms with van der Waals surface area (Å²) in [6.07, 6.45) is 0. The molecule has 0 spiro atoms. The summed E-state index contributed by atoms with van der Waals surface area (Å²) in [5.41, 5.74) is 1.83. The molecule has 0 aromatic heterocycles. The molecule has 162 valence electrons. The molecule has 3 amide bonds. The highest BCUT2D eigenvalue weighted by Crippen LogP contribution is 2.25. The number of carbonyl (C=O) groups excluding carboxylic acids is 2. The van der Waals surface area contributed by atoms with Crippen molar-refractivity contribution in [3.8, 4) is 5.75 Å². The molecule has 1 aromatic rings. The minimum atomic E-state index is -0.350. The molecule has 0 bridgehead atoms. The molecule has 3 N–H and O–H groups in total. The van der Waals surface area contributed by atoms with Gasteiger partial charge in [-0.3, -0.25) is 9.69 Å². The first-order valence-corrected chi connectivity index (χ1v) is 9.58. The fourth-order valence-corrected chi connectivity index (χ4v) is 2.69. The summed E-state index contributed by atoms with van der Waals surface area (Å²) in [6, 6.07) is 5.74. The molecule has 0 radical (unpaired) electrons. The lowest BCUT2D eigenvalue weighted by molar-refractivity contribution is -0.124. The quantitative estimate of drug-likeness (QED) is 0.224. The topological polar surface area (TPSA) is 95.1 Å². The Labute approximate surface area is 189 Å². The predicted octanol–water partition coefficient (Wildman–Crippen LogP) is 2.40. The maximum atomic E-state index is 11.6. The van der Waals surface area contributed by atoms with Gasteiger partial charge in [0, 0.05) is 25.2 Å². The third-order valence-corrected chi connectivity index (χ3v) is 3.96. The zero-order valence-electron chi connectivity index (χ0n) is 17.8. The van der Waals surface area contributed by atoms with Gasteiger partial charge in [-0.05, 0) is 46.2 Å². The first-order valence-electron chi connectivity index (χ1n) is 9.58. The van der Waals surface area contributed by atoms with Gasteiger partial charge in [0.1, 0.15) is 11.4 Å². The van der Waals surface area contributed by atoms with Crippen LogP contribution in [0.5, 0.6) is 5.75 Å². The monoisotopic (exact) mass is 517 g/mol. The number of hydrogen-bond donors (Lipinski definition) is 3. The Bertz CT molecular complexity index is 730. The van der Waals surface area contributed by atoms with E-state index in [0.717, 1.165) is 16.9 Å². The number of imide groups is 1. The van der Waals surface area contributed by atoms with E-state index in [4.69, 9.17) is 4.74 Å². The molecule has 1 fully saturated rings. The molecule has 1 aliphatic rings. The minimum absolute atomic E-state index is 0. The SMILES string of the molecule is CCNC(=NCc1ccc(C)cc1OC(C)(C)C)NCCN1C(=O)CNC1=O.I. The van der Waals surface area contributed by atoms with Crippen LogP contribution in [0.1, 0.15) is 38.8 Å². The fraction of sp³-hybridized carbons (Fsp3) is 0.550. The van der Waals surface area contributed by atoms with Crippen molar-refractivity contribution < 1.29 is 14.3 Å². The van der Waals surface area contributed by atoms with Crippen LogP contribution in [0.3, 0.4) is 0 Å². The van der Waals surface area contributed by atoms with Gasteiger partial charge in [0.05, 0.1) is 13.1 Å². The van der Waals surface area contributed by atoms with Crippen LogP contribution in [0, 0.1) is 6.92 Å². The van der Waals surface area contributed by atoms with E-state index in [1.807, 2.05) is 52.8 Å². The van der Waals surface area contributed by atoms with Crippen molar-refractivity contribution >= 4 is 41.9 Å². The average molecular weight is 517 g/mol.